The molecule has 4 aromatic rings. The zero-order chi connectivity index (χ0) is 24.8. The number of nitrogens with zero attached hydrogens (tertiary/aromatic N) is 1. The van der Waals surface area contributed by atoms with Gasteiger partial charge in [-0.15, -0.1) is 0 Å². The summed E-state index contributed by atoms with van der Waals surface area (Å²) in [5.41, 5.74) is 9.19. The Hall–Kier alpha value is -4.30. The Morgan fingerprint density at radius 3 is 2.49 bits per heavy atom. The van der Waals surface area contributed by atoms with Crippen LogP contribution in [0.2, 0.25) is 0 Å². The molecule has 0 spiro atoms. The first kappa shape index (κ1) is 23.8. The molecule has 0 saturated heterocycles. The third-order valence-electron chi connectivity index (χ3n) is 5.34. The zero-order valence-corrected chi connectivity index (χ0v) is 19.7. The Morgan fingerprint density at radius 2 is 1.74 bits per heavy atom. The molecule has 3 aromatic carbocycles. The fourth-order valence-corrected chi connectivity index (χ4v) is 3.64. The molecule has 8 nitrogen and oxygen atoms in total. The number of nitrogens with one attached hydrogen (secondary N) is 2. The summed E-state index contributed by atoms with van der Waals surface area (Å²) in [6, 6.07) is 21.4. The lowest BCUT2D eigenvalue weighted by Gasteiger charge is -2.09. The Kier molecular flexibility index (Phi) is 7.32. The zero-order valence-electron chi connectivity index (χ0n) is 19.7. The number of amides is 2. The van der Waals surface area contributed by atoms with Gasteiger partial charge in [0.2, 0.25) is 0 Å². The number of para-hydroxylation sites is 2. The summed E-state index contributed by atoms with van der Waals surface area (Å²) in [6.07, 6.45) is 0. The number of anilines is 2. The highest BCUT2D eigenvalue weighted by Gasteiger charge is 2.14. The smallest absolute Gasteiger partial charge is 0.287 e. The van der Waals surface area contributed by atoms with E-state index in [4.69, 9.17) is 14.9 Å². The topological polar surface area (TPSA) is 110 Å². The van der Waals surface area contributed by atoms with Gasteiger partial charge in [-0.25, -0.2) is 0 Å². The summed E-state index contributed by atoms with van der Waals surface area (Å²) in [6.45, 7) is 1.33. The van der Waals surface area contributed by atoms with E-state index in [0.717, 1.165) is 17.5 Å². The van der Waals surface area contributed by atoms with E-state index in [1.165, 1.54) is 0 Å². The van der Waals surface area contributed by atoms with Crippen molar-refractivity contribution in [3.05, 3.63) is 89.7 Å². The van der Waals surface area contributed by atoms with Gasteiger partial charge >= 0.3 is 0 Å². The first-order valence-electron chi connectivity index (χ1n) is 11.2. The number of hydrogen-bond acceptors (Lipinski definition) is 6. The predicted octanol–water partition coefficient (Wildman–Crippen LogP) is 4.14. The average molecular weight is 473 g/mol. The van der Waals surface area contributed by atoms with Crippen molar-refractivity contribution >= 4 is 34.2 Å². The van der Waals surface area contributed by atoms with Crippen LogP contribution in [-0.2, 0) is 6.54 Å². The molecule has 0 bridgehead atoms. The number of carbonyl (C=O) groups excluding carboxylic acids is 2. The van der Waals surface area contributed by atoms with Crippen LogP contribution in [0.5, 0.6) is 5.75 Å². The van der Waals surface area contributed by atoms with Gasteiger partial charge in [0.05, 0.1) is 17.9 Å². The lowest BCUT2D eigenvalue weighted by molar-refractivity contribution is 0.0921. The lowest BCUT2D eigenvalue weighted by atomic mass is 10.1. The van der Waals surface area contributed by atoms with Crippen molar-refractivity contribution in [3.63, 3.8) is 0 Å². The quantitative estimate of drug-likeness (QED) is 0.250. The number of carbonyl (C=O) groups is 2. The Morgan fingerprint density at radius 1 is 0.971 bits per heavy atom. The molecule has 0 radical (unpaired) electrons. The normalized spacial score (nSPS) is 10.9. The Labute approximate surface area is 203 Å². The Balaban J connectivity index is 1.27. The third-order valence-corrected chi connectivity index (χ3v) is 5.34. The van der Waals surface area contributed by atoms with Crippen LogP contribution >= 0.6 is 0 Å². The standard InChI is InChI=1S/C27H28N4O4/c1-31(2)17-19-6-5-9-24-21(19)16-25(35-24)27(33)29-14-15-34-20-12-10-18(11-13-20)26(32)30-23-8-4-3-7-22(23)28/h3-13,16H,14-15,17,28H2,1-2H3,(H,29,33)(H,30,32). The number of ether oxygens (including phenoxy) is 1. The van der Waals surface area contributed by atoms with E-state index >= 15 is 0 Å². The molecule has 0 aliphatic rings. The summed E-state index contributed by atoms with van der Waals surface area (Å²) in [7, 11) is 3.99. The molecule has 4 rings (SSSR count). The van der Waals surface area contributed by atoms with Crippen LogP contribution in [-0.4, -0.2) is 44.0 Å². The minimum Gasteiger partial charge on any atom is -0.492 e. The molecule has 2 amide bonds. The number of nitrogens with two attached hydrogens (primary N) is 1. The van der Waals surface area contributed by atoms with Crippen molar-refractivity contribution in [3.8, 4) is 5.75 Å². The average Bonchev–Trinajstić information content (AvgIpc) is 3.29. The van der Waals surface area contributed by atoms with Gasteiger partial charge in [-0.3, -0.25) is 9.59 Å². The highest BCUT2D eigenvalue weighted by Crippen LogP contribution is 2.24. The minimum atomic E-state index is -0.298. The first-order chi connectivity index (χ1) is 16.9. The van der Waals surface area contributed by atoms with Crippen molar-refractivity contribution in [2.24, 2.45) is 0 Å². The van der Waals surface area contributed by atoms with Gasteiger partial charge in [0, 0.05) is 17.5 Å². The second-order valence-electron chi connectivity index (χ2n) is 8.35. The second kappa shape index (κ2) is 10.8. The van der Waals surface area contributed by atoms with E-state index in [1.54, 1.807) is 54.6 Å². The number of fused-ring (bicyclic) bond motifs is 1. The highest BCUT2D eigenvalue weighted by atomic mass is 16.5. The van der Waals surface area contributed by atoms with Crippen LogP contribution in [0, 0.1) is 0 Å². The van der Waals surface area contributed by atoms with Gasteiger partial charge in [0.15, 0.2) is 5.76 Å². The van der Waals surface area contributed by atoms with Gasteiger partial charge in [0.1, 0.15) is 17.9 Å². The molecule has 0 atom stereocenters. The monoisotopic (exact) mass is 472 g/mol. The molecular weight excluding hydrogens is 444 g/mol. The maximum Gasteiger partial charge on any atom is 0.287 e. The SMILES string of the molecule is CN(C)Cc1cccc2oc(C(=O)NCCOc3ccc(C(=O)Nc4ccccc4N)cc3)cc12. The summed E-state index contributed by atoms with van der Waals surface area (Å²) in [5.74, 6) is 0.293. The van der Waals surface area contributed by atoms with Crippen molar-refractivity contribution in [2.45, 2.75) is 6.54 Å². The molecule has 0 fully saturated rings. The number of benzene rings is 3. The summed E-state index contributed by atoms with van der Waals surface area (Å²) >= 11 is 0. The van der Waals surface area contributed by atoms with Crippen molar-refractivity contribution in [1.29, 1.82) is 0 Å². The van der Waals surface area contributed by atoms with Gasteiger partial charge < -0.3 is 30.4 Å². The van der Waals surface area contributed by atoms with Gasteiger partial charge in [0.25, 0.3) is 11.8 Å². The first-order valence-corrected chi connectivity index (χ1v) is 11.2. The molecule has 0 saturated carbocycles. The summed E-state index contributed by atoms with van der Waals surface area (Å²) in [4.78, 5) is 27.0. The molecule has 180 valence electrons. The fourth-order valence-electron chi connectivity index (χ4n) is 3.64. The predicted molar refractivity (Wildman–Crippen MR) is 137 cm³/mol. The summed E-state index contributed by atoms with van der Waals surface area (Å²) < 4.78 is 11.4. The molecule has 0 aliphatic heterocycles. The number of hydrogen-bond donors (Lipinski definition) is 3. The van der Waals surface area contributed by atoms with Crippen LogP contribution in [0.1, 0.15) is 26.5 Å². The molecule has 1 aromatic heterocycles. The summed E-state index contributed by atoms with van der Waals surface area (Å²) in [5, 5.41) is 6.53. The van der Waals surface area contributed by atoms with Gasteiger partial charge in [-0.2, -0.15) is 0 Å². The third kappa shape index (κ3) is 5.99. The maximum absolute atomic E-state index is 12.5. The lowest BCUT2D eigenvalue weighted by Crippen LogP contribution is -2.27. The van der Waals surface area contributed by atoms with E-state index in [0.29, 0.717) is 34.8 Å². The van der Waals surface area contributed by atoms with Crippen molar-refractivity contribution in [2.75, 3.05) is 38.3 Å². The molecule has 4 N–H and O–H groups in total. The van der Waals surface area contributed by atoms with E-state index in [9.17, 15) is 9.59 Å². The van der Waals surface area contributed by atoms with E-state index in [-0.39, 0.29) is 24.2 Å². The number of rotatable bonds is 9. The van der Waals surface area contributed by atoms with Gasteiger partial charge in [-0.05, 0) is 68.2 Å². The van der Waals surface area contributed by atoms with Crippen molar-refractivity contribution < 1.29 is 18.7 Å². The molecule has 1 heterocycles. The van der Waals surface area contributed by atoms with Gasteiger partial charge in [-0.1, -0.05) is 24.3 Å². The van der Waals surface area contributed by atoms with Crippen LogP contribution in [0.4, 0.5) is 11.4 Å². The number of nitrogen functional groups attached to an aromatic ring is 1. The fraction of sp³-hybridized carbons (Fsp3) is 0.185. The highest BCUT2D eigenvalue weighted by molar-refractivity contribution is 6.05. The number of furan rings is 1. The molecule has 0 aliphatic carbocycles. The van der Waals surface area contributed by atoms with Crippen molar-refractivity contribution in [1.82, 2.24) is 10.2 Å². The van der Waals surface area contributed by atoms with Crippen LogP contribution < -0.4 is 21.1 Å². The van der Waals surface area contributed by atoms with E-state index in [1.807, 2.05) is 32.3 Å². The molecule has 8 heteroatoms. The van der Waals surface area contributed by atoms with E-state index < -0.39 is 0 Å². The largest absolute Gasteiger partial charge is 0.492 e. The molecule has 35 heavy (non-hydrogen) atoms. The molecule has 0 unspecified atom stereocenters. The van der Waals surface area contributed by atoms with Crippen LogP contribution in [0.25, 0.3) is 11.0 Å². The molecular formula is C27H28N4O4. The van der Waals surface area contributed by atoms with Crippen LogP contribution in [0.3, 0.4) is 0 Å². The van der Waals surface area contributed by atoms with E-state index in [2.05, 4.69) is 15.5 Å². The maximum atomic E-state index is 12.5. The minimum absolute atomic E-state index is 0.263. The van der Waals surface area contributed by atoms with Crippen LogP contribution in [0.15, 0.2) is 77.2 Å². The Bertz CT molecular complexity index is 1330. The second-order valence-corrected chi connectivity index (χ2v) is 8.35.